The molecule has 0 spiro atoms. The fourth-order valence-corrected chi connectivity index (χ4v) is 7.22. The van der Waals surface area contributed by atoms with Crippen molar-refractivity contribution in [1.29, 1.82) is 0 Å². The number of hydrogen-bond acceptors (Lipinski definition) is 4. The Morgan fingerprint density at radius 2 is 0.900 bits per heavy atom. The van der Waals surface area contributed by atoms with Gasteiger partial charge in [0.2, 0.25) is 0 Å². The summed E-state index contributed by atoms with van der Waals surface area (Å²) in [6, 6.07) is 0. The fraction of sp³-hybridized carbons (Fsp3) is 0.472. The lowest BCUT2D eigenvalue weighted by Crippen LogP contribution is -2.12. The van der Waals surface area contributed by atoms with E-state index in [4.69, 9.17) is 15.0 Å². The molecule has 210 valence electrons. The van der Waals surface area contributed by atoms with E-state index in [2.05, 4.69) is 85.0 Å². The van der Waals surface area contributed by atoms with E-state index < -0.39 is 0 Å². The minimum atomic E-state index is 0.375. The van der Waals surface area contributed by atoms with Crippen LogP contribution in [-0.4, -0.2) is 17.1 Å². The van der Waals surface area contributed by atoms with Crippen LogP contribution in [0.4, 0.5) is 0 Å². The van der Waals surface area contributed by atoms with Gasteiger partial charge in [0.15, 0.2) is 0 Å². The number of nitrogens with zero attached hydrogens (tertiary/aromatic N) is 3. The van der Waals surface area contributed by atoms with Crippen molar-refractivity contribution in [2.45, 2.75) is 107 Å². The number of rotatable bonds is 8. The monoisotopic (exact) mass is 534 g/mol. The molecule has 0 amide bonds. The molecule has 0 aromatic carbocycles. The second-order valence-corrected chi connectivity index (χ2v) is 11.1. The molecule has 4 nitrogen and oxygen atoms in total. The second-order valence-electron chi connectivity index (χ2n) is 11.1. The Hall–Kier alpha value is -3.27. The lowest BCUT2D eigenvalue weighted by atomic mass is 9.91. The molecular weight excluding hydrogens is 488 g/mol. The van der Waals surface area contributed by atoms with E-state index in [0.717, 1.165) is 85.6 Å². The highest BCUT2D eigenvalue weighted by Gasteiger charge is 2.31. The van der Waals surface area contributed by atoms with Crippen LogP contribution in [0.3, 0.4) is 0 Å². The summed E-state index contributed by atoms with van der Waals surface area (Å²) in [6.07, 6.45) is 17.1. The Morgan fingerprint density at radius 3 is 1.27 bits per heavy atom. The summed E-state index contributed by atoms with van der Waals surface area (Å²) in [4.78, 5) is 15.8. The van der Waals surface area contributed by atoms with Crippen molar-refractivity contribution >= 4 is 17.1 Å². The van der Waals surface area contributed by atoms with E-state index >= 15 is 0 Å². The van der Waals surface area contributed by atoms with Gasteiger partial charge >= 0.3 is 0 Å². The molecule has 8 bridgehead atoms. The van der Waals surface area contributed by atoms with Gasteiger partial charge in [-0.15, -0.1) is 0 Å². The molecule has 1 unspecified atom stereocenters. The van der Waals surface area contributed by atoms with E-state index in [1.54, 1.807) is 0 Å². The van der Waals surface area contributed by atoms with Gasteiger partial charge in [-0.1, -0.05) is 55.4 Å². The molecule has 5 rings (SSSR count). The van der Waals surface area contributed by atoms with Crippen LogP contribution >= 0.6 is 0 Å². The molecule has 0 aromatic rings. The average Bonchev–Trinajstić information content (AvgIpc) is 3.67. The van der Waals surface area contributed by atoms with Gasteiger partial charge < -0.3 is 5.32 Å². The van der Waals surface area contributed by atoms with Crippen molar-refractivity contribution in [2.24, 2.45) is 20.9 Å². The molecule has 5 aliphatic rings. The lowest BCUT2D eigenvalue weighted by Gasteiger charge is -2.13. The topological polar surface area (TPSA) is 49.1 Å². The highest BCUT2D eigenvalue weighted by molar-refractivity contribution is 6.18. The zero-order chi connectivity index (χ0) is 28.6. The predicted molar refractivity (Wildman–Crippen MR) is 172 cm³/mol. The SMILES string of the molecule is CCC1=C(CC)C2=NC1=CC1=NC(=CC3=C(CC)C(CC)C(=CC4=NC(=C2)C(CC)=C4CC)N3)C(CC)=C1CC. The van der Waals surface area contributed by atoms with Gasteiger partial charge in [-0.3, -0.25) is 0 Å². The number of nitrogens with one attached hydrogen (secondary N) is 1. The third-order valence-corrected chi connectivity index (χ3v) is 9.12. The number of aliphatic imine (C=N–C) groups is 3. The summed E-state index contributed by atoms with van der Waals surface area (Å²) >= 11 is 0. The molecule has 0 radical (unpaired) electrons. The maximum Gasteiger partial charge on any atom is 0.0694 e. The first-order chi connectivity index (χ1) is 19.5. The zero-order valence-corrected chi connectivity index (χ0v) is 25.9. The maximum atomic E-state index is 5.29. The third-order valence-electron chi connectivity index (χ3n) is 9.12. The molecular formula is C36H46N4. The minimum absolute atomic E-state index is 0.375. The Balaban J connectivity index is 1.83. The summed E-state index contributed by atoms with van der Waals surface area (Å²) in [5.74, 6) is 0.375. The van der Waals surface area contributed by atoms with Gasteiger partial charge in [-0.25, -0.2) is 15.0 Å². The van der Waals surface area contributed by atoms with Crippen LogP contribution in [0, 0.1) is 5.92 Å². The summed E-state index contributed by atoms with van der Waals surface area (Å²) in [6.45, 7) is 18.1. The van der Waals surface area contributed by atoms with Crippen molar-refractivity contribution < 1.29 is 0 Å². The third kappa shape index (κ3) is 4.60. The van der Waals surface area contributed by atoms with Crippen molar-refractivity contribution in [3.05, 3.63) is 91.8 Å². The highest BCUT2D eigenvalue weighted by Crippen LogP contribution is 2.40. The van der Waals surface area contributed by atoms with Crippen LogP contribution in [0.2, 0.25) is 0 Å². The molecule has 0 saturated heterocycles. The van der Waals surface area contributed by atoms with Gasteiger partial charge in [0.05, 0.1) is 34.2 Å². The van der Waals surface area contributed by atoms with E-state index in [-0.39, 0.29) is 0 Å². The summed E-state index contributed by atoms with van der Waals surface area (Å²) < 4.78 is 0. The number of fused-ring (bicyclic) bond motifs is 5. The highest BCUT2D eigenvalue weighted by atomic mass is 15.0. The quantitative estimate of drug-likeness (QED) is 0.331. The van der Waals surface area contributed by atoms with Gasteiger partial charge in [0.1, 0.15) is 0 Å². The van der Waals surface area contributed by atoms with E-state index in [1.165, 1.54) is 50.4 Å². The van der Waals surface area contributed by atoms with E-state index in [1.807, 2.05) is 0 Å². The molecule has 5 heterocycles. The zero-order valence-electron chi connectivity index (χ0n) is 25.9. The fourth-order valence-electron chi connectivity index (χ4n) is 7.22. The maximum absolute atomic E-state index is 5.29. The van der Waals surface area contributed by atoms with Crippen molar-refractivity contribution in [1.82, 2.24) is 5.32 Å². The average molecular weight is 535 g/mol. The van der Waals surface area contributed by atoms with Crippen LogP contribution in [0.25, 0.3) is 0 Å². The predicted octanol–water partition coefficient (Wildman–Crippen LogP) is 9.54. The molecule has 0 fully saturated rings. The van der Waals surface area contributed by atoms with E-state index in [9.17, 15) is 0 Å². The molecule has 0 saturated carbocycles. The van der Waals surface area contributed by atoms with Crippen LogP contribution < -0.4 is 5.32 Å². The summed E-state index contributed by atoms with van der Waals surface area (Å²) in [5, 5.41) is 3.86. The molecule has 0 aliphatic carbocycles. The van der Waals surface area contributed by atoms with E-state index in [0.29, 0.717) is 5.92 Å². The smallest absolute Gasteiger partial charge is 0.0694 e. The molecule has 1 atom stereocenters. The van der Waals surface area contributed by atoms with Gasteiger partial charge in [0.25, 0.3) is 0 Å². The first-order valence-electron chi connectivity index (χ1n) is 15.8. The second kappa shape index (κ2) is 11.7. The summed E-state index contributed by atoms with van der Waals surface area (Å²) in [5.41, 5.74) is 18.6. The minimum Gasteiger partial charge on any atom is -0.358 e. The molecule has 5 aliphatic heterocycles. The van der Waals surface area contributed by atoms with Gasteiger partial charge in [-0.05, 0) is 115 Å². The van der Waals surface area contributed by atoms with Crippen molar-refractivity contribution in [3.8, 4) is 0 Å². The van der Waals surface area contributed by atoms with Crippen LogP contribution in [-0.2, 0) is 0 Å². The number of allylic oxidation sites excluding steroid dienone is 11. The van der Waals surface area contributed by atoms with Crippen LogP contribution in [0.5, 0.6) is 0 Å². The molecule has 4 heteroatoms. The largest absolute Gasteiger partial charge is 0.358 e. The van der Waals surface area contributed by atoms with Crippen molar-refractivity contribution in [3.63, 3.8) is 0 Å². The summed E-state index contributed by atoms with van der Waals surface area (Å²) in [7, 11) is 0. The Labute approximate surface area is 241 Å². The first kappa shape index (κ1) is 28.3. The van der Waals surface area contributed by atoms with Crippen molar-refractivity contribution in [2.75, 3.05) is 0 Å². The lowest BCUT2D eigenvalue weighted by molar-refractivity contribution is 0.670. The Bertz CT molecular complexity index is 1470. The molecule has 40 heavy (non-hydrogen) atoms. The van der Waals surface area contributed by atoms with Gasteiger partial charge in [-0.2, -0.15) is 0 Å². The Kier molecular flexibility index (Phi) is 8.26. The molecule has 1 N–H and O–H groups in total. The Morgan fingerprint density at radius 1 is 0.500 bits per heavy atom. The molecule has 0 aromatic heterocycles. The van der Waals surface area contributed by atoms with Gasteiger partial charge in [0, 0.05) is 17.3 Å². The van der Waals surface area contributed by atoms with Crippen LogP contribution in [0.15, 0.2) is 107 Å². The number of hydrogen-bond donors (Lipinski definition) is 1. The van der Waals surface area contributed by atoms with Crippen LogP contribution in [0.1, 0.15) is 107 Å². The normalized spacial score (nSPS) is 22.4. The standard InChI is InChI=1S/C36H46N4/c1-9-21-22(10-2)30-18-32-25(13-5)26(14-6)34(39-32)20-36-28(16-8)27(15-7)35(40-36)19-33-24(12-4)23(11-3)31(38-33)17-29(21)37-30/h17-21,37H,9-16H2,1-8H3. The first-order valence-corrected chi connectivity index (χ1v) is 15.8.